The van der Waals surface area contributed by atoms with Crippen LogP contribution in [0, 0.1) is 0 Å². The first kappa shape index (κ1) is 16.8. The molecule has 0 aliphatic carbocycles. The average molecular weight is 343 g/mol. The van der Waals surface area contributed by atoms with Gasteiger partial charge in [0.25, 0.3) is 0 Å². The van der Waals surface area contributed by atoms with E-state index in [9.17, 15) is 0 Å². The fourth-order valence-electron chi connectivity index (χ4n) is 2.34. The third-order valence-electron chi connectivity index (χ3n) is 3.51. The Morgan fingerprint density at radius 3 is 2.71 bits per heavy atom. The van der Waals surface area contributed by atoms with E-state index < -0.39 is 0 Å². The number of hydrogen-bond acceptors (Lipinski definition) is 3. The molecule has 1 unspecified atom stereocenters. The zero-order valence-electron chi connectivity index (χ0n) is 12.3. The highest BCUT2D eigenvalue weighted by atomic mass is 35.5. The minimum atomic E-state index is 0.210. The smallest absolute Gasteiger partial charge is 0.0640 e. The fraction of sp³-hybridized carbons (Fsp3) is 0.375. The lowest BCUT2D eigenvalue weighted by atomic mass is 10.0. The van der Waals surface area contributed by atoms with Crippen molar-refractivity contribution in [1.29, 1.82) is 0 Å². The van der Waals surface area contributed by atoms with Crippen LogP contribution in [0.4, 0.5) is 0 Å². The number of halogens is 2. The Hall–Kier alpha value is -0.580. The number of nitrogens with one attached hydrogen (secondary N) is 1. The SMILES string of the molecule is CNC(CCN(C)Cc1cccs1)c1cccc(Cl)c1Cl. The second-order valence-electron chi connectivity index (χ2n) is 5.09. The maximum Gasteiger partial charge on any atom is 0.0640 e. The van der Waals surface area contributed by atoms with Crippen molar-refractivity contribution in [3.63, 3.8) is 0 Å². The Bertz CT molecular complexity index is 557. The quantitative estimate of drug-likeness (QED) is 0.774. The molecule has 1 N–H and O–H groups in total. The van der Waals surface area contributed by atoms with Crippen molar-refractivity contribution in [2.45, 2.75) is 19.0 Å². The summed E-state index contributed by atoms with van der Waals surface area (Å²) in [7, 11) is 4.10. The van der Waals surface area contributed by atoms with Gasteiger partial charge in [-0.15, -0.1) is 11.3 Å². The third kappa shape index (κ3) is 4.70. The van der Waals surface area contributed by atoms with E-state index >= 15 is 0 Å². The second kappa shape index (κ2) is 8.16. The zero-order valence-corrected chi connectivity index (χ0v) is 14.6. The van der Waals surface area contributed by atoms with Crippen molar-refractivity contribution < 1.29 is 0 Å². The monoisotopic (exact) mass is 342 g/mol. The van der Waals surface area contributed by atoms with Gasteiger partial charge in [0.05, 0.1) is 10.0 Å². The van der Waals surface area contributed by atoms with Crippen LogP contribution in [0.3, 0.4) is 0 Å². The summed E-state index contributed by atoms with van der Waals surface area (Å²) in [5.41, 5.74) is 1.07. The Morgan fingerprint density at radius 2 is 2.05 bits per heavy atom. The Kier molecular flexibility index (Phi) is 6.52. The van der Waals surface area contributed by atoms with Crippen LogP contribution in [0.5, 0.6) is 0 Å². The van der Waals surface area contributed by atoms with E-state index in [1.165, 1.54) is 4.88 Å². The van der Waals surface area contributed by atoms with E-state index in [1.54, 1.807) is 11.3 Å². The van der Waals surface area contributed by atoms with Crippen LogP contribution in [0.2, 0.25) is 10.0 Å². The topological polar surface area (TPSA) is 15.3 Å². The van der Waals surface area contributed by atoms with Gasteiger partial charge in [-0.05, 0) is 43.6 Å². The molecule has 0 saturated carbocycles. The van der Waals surface area contributed by atoms with Crippen molar-refractivity contribution in [2.75, 3.05) is 20.6 Å². The zero-order chi connectivity index (χ0) is 15.2. The van der Waals surface area contributed by atoms with E-state index in [0.717, 1.165) is 25.1 Å². The standard InChI is InChI=1S/C16H20Cl2N2S/c1-19-15(13-6-3-7-14(17)16(13)18)8-9-20(2)11-12-5-4-10-21-12/h3-7,10,15,19H,8-9,11H2,1-2H3. The molecular formula is C16H20Cl2N2S. The average Bonchev–Trinajstić information content (AvgIpc) is 2.96. The van der Waals surface area contributed by atoms with Gasteiger partial charge in [0.2, 0.25) is 0 Å². The van der Waals surface area contributed by atoms with Crippen LogP contribution in [-0.2, 0) is 6.54 Å². The van der Waals surface area contributed by atoms with E-state index in [2.05, 4.69) is 34.8 Å². The molecule has 0 aliphatic heterocycles. The molecule has 0 amide bonds. The third-order valence-corrected chi connectivity index (χ3v) is 5.21. The molecule has 0 bridgehead atoms. The first-order chi connectivity index (χ1) is 10.1. The molecule has 5 heteroatoms. The number of nitrogens with zero attached hydrogens (tertiary/aromatic N) is 1. The van der Waals surface area contributed by atoms with Gasteiger partial charge in [0.15, 0.2) is 0 Å². The summed E-state index contributed by atoms with van der Waals surface area (Å²) in [5.74, 6) is 0. The van der Waals surface area contributed by atoms with E-state index in [1.807, 2.05) is 25.2 Å². The lowest BCUT2D eigenvalue weighted by Gasteiger charge is -2.22. The highest BCUT2D eigenvalue weighted by molar-refractivity contribution is 7.09. The first-order valence-electron chi connectivity index (χ1n) is 6.94. The maximum absolute atomic E-state index is 6.31. The molecule has 21 heavy (non-hydrogen) atoms. The molecule has 2 aromatic rings. The lowest BCUT2D eigenvalue weighted by Crippen LogP contribution is -2.25. The molecule has 0 fully saturated rings. The van der Waals surface area contributed by atoms with Crippen molar-refractivity contribution in [2.24, 2.45) is 0 Å². The van der Waals surface area contributed by atoms with Gasteiger partial charge >= 0.3 is 0 Å². The highest BCUT2D eigenvalue weighted by Crippen LogP contribution is 2.31. The van der Waals surface area contributed by atoms with Crippen LogP contribution in [0.1, 0.15) is 22.9 Å². The predicted molar refractivity (Wildman–Crippen MR) is 93.5 cm³/mol. The molecule has 2 nitrogen and oxygen atoms in total. The van der Waals surface area contributed by atoms with Crippen LogP contribution in [0.25, 0.3) is 0 Å². The maximum atomic E-state index is 6.31. The Balaban J connectivity index is 1.94. The number of rotatable bonds is 7. The summed E-state index contributed by atoms with van der Waals surface area (Å²) in [5, 5.41) is 6.71. The van der Waals surface area contributed by atoms with Crippen molar-refractivity contribution in [3.05, 3.63) is 56.2 Å². The predicted octanol–water partition coefficient (Wildman–Crippen LogP) is 4.84. The van der Waals surface area contributed by atoms with Crippen LogP contribution >= 0.6 is 34.5 Å². The first-order valence-corrected chi connectivity index (χ1v) is 8.57. The van der Waals surface area contributed by atoms with Gasteiger partial charge in [-0.2, -0.15) is 0 Å². The molecule has 0 aliphatic rings. The van der Waals surface area contributed by atoms with Gasteiger partial charge in [0.1, 0.15) is 0 Å². The van der Waals surface area contributed by atoms with E-state index in [0.29, 0.717) is 10.0 Å². The summed E-state index contributed by atoms with van der Waals surface area (Å²) >= 11 is 14.2. The molecule has 0 spiro atoms. The minimum Gasteiger partial charge on any atom is -0.313 e. The largest absolute Gasteiger partial charge is 0.313 e. The summed E-state index contributed by atoms with van der Waals surface area (Å²) in [6.07, 6.45) is 0.985. The van der Waals surface area contributed by atoms with E-state index in [-0.39, 0.29) is 6.04 Å². The molecule has 1 atom stereocenters. The summed E-state index contributed by atoms with van der Waals surface area (Å²) < 4.78 is 0. The number of benzene rings is 1. The van der Waals surface area contributed by atoms with E-state index in [4.69, 9.17) is 23.2 Å². The molecule has 0 radical (unpaired) electrons. The Labute approximate surface area is 140 Å². The van der Waals surface area contributed by atoms with Gasteiger partial charge in [-0.25, -0.2) is 0 Å². The van der Waals surface area contributed by atoms with Crippen molar-refractivity contribution in [3.8, 4) is 0 Å². The molecule has 1 heterocycles. The molecule has 1 aromatic heterocycles. The number of hydrogen-bond donors (Lipinski definition) is 1. The summed E-state index contributed by atoms with van der Waals surface area (Å²) in [6.45, 7) is 1.98. The Morgan fingerprint density at radius 1 is 1.24 bits per heavy atom. The van der Waals surface area contributed by atoms with Crippen LogP contribution in [-0.4, -0.2) is 25.5 Å². The molecule has 0 saturated heterocycles. The lowest BCUT2D eigenvalue weighted by molar-refractivity contribution is 0.306. The highest BCUT2D eigenvalue weighted by Gasteiger charge is 2.15. The molecule has 2 rings (SSSR count). The molecular weight excluding hydrogens is 323 g/mol. The number of thiophene rings is 1. The molecule has 114 valence electrons. The van der Waals surface area contributed by atoms with Gasteiger partial charge in [-0.1, -0.05) is 41.4 Å². The fourth-order valence-corrected chi connectivity index (χ4v) is 3.57. The van der Waals surface area contributed by atoms with Gasteiger partial charge in [0, 0.05) is 24.0 Å². The molecule has 1 aromatic carbocycles. The van der Waals surface area contributed by atoms with Gasteiger partial charge in [-0.3, -0.25) is 0 Å². The van der Waals surface area contributed by atoms with Crippen LogP contribution < -0.4 is 5.32 Å². The van der Waals surface area contributed by atoms with Gasteiger partial charge < -0.3 is 10.2 Å². The van der Waals surface area contributed by atoms with Crippen molar-refractivity contribution >= 4 is 34.5 Å². The van der Waals surface area contributed by atoms with Crippen LogP contribution in [0.15, 0.2) is 35.7 Å². The summed E-state index contributed by atoms with van der Waals surface area (Å²) in [4.78, 5) is 3.72. The van der Waals surface area contributed by atoms with Crippen molar-refractivity contribution in [1.82, 2.24) is 10.2 Å². The second-order valence-corrected chi connectivity index (χ2v) is 6.91. The minimum absolute atomic E-state index is 0.210. The normalized spacial score (nSPS) is 12.8. The summed E-state index contributed by atoms with van der Waals surface area (Å²) in [6, 6.07) is 10.3.